The van der Waals surface area contributed by atoms with Gasteiger partial charge in [0.25, 0.3) is 0 Å². The summed E-state index contributed by atoms with van der Waals surface area (Å²) in [5.41, 5.74) is 4.32. The van der Waals surface area contributed by atoms with E-state index >= 15 is 0 Å². The van der Waals surface area contributed by atoms with Crippen LogP contribution in [0.3, 0.4) is 0 Å². The molecule has 0 fully saturated rings. The van der Waals surface area contributed by atoms with E-state index in [1.165, 1.54) is 18.2 Å². The third-order valence-corrected chi connectivity index (χ3v) is 5.81. The predicted octanol–water partition coefficient (Wildman–Crippen LogP) is 4.93. The molecular formula is C26H24FNO5. The number of halogens is 1. The zero-order valence-corrected chi connectivity index (χ0v) is 18.1. The van der Waals surface area contributed by atoms with Crippen molar-refractivity contribution in [3.8, 4) is 16.9 Å². The minimum atomic E-state index is -1.33. The quantitative estimate of drug-likeness (QED) is 0.528. The van der Waals surface area contributed by atoms with Crippen molar-refractivity contribution in [1.82, 2.24) is 4.90 Å². The molecule has 170 valence electrons. The number of aliphatic carboxylic acids is 1. The predicted molar refractivity (Wildman–Crippen MR) is 121 cm³/mol. The van der Waals surface area contributed by atoms with Crippen LogP contribution >= 0.6 is 0 Å². The van der Waals surface area contributed by atoms with E-state index in [4.69, 9.17) is 9.47 Å². The van der Waals surface area contributed by atoms with Crippen LogP contribution in [-0.2, 0) is 9.53 Å². The third kappa shape index (κ3) is 4.53. The highest BCUT2D eigenvalue weighted by molar-refractivity contribution is 5.81. The zero-order valence-electron chi connectivity index (χ0n) is 18.1. The highest BCUT2D eigenvalue weighted by Gasteiger charge is 2.33. The monoisotopic (exact) mass is 449 g/mol. The van der Waals surface area contributed by atoms with Crippen molar-refractivity contribution in [2.45, 2.75) is 18.9 Å². The number of para-hydroxylation sites is 1. The zero-order chi connectivity index (χ0) is 23.4. The minimum absolute atomic E-state index is 0.0733. The van der Waals surface area contributed by atoms with Gasteiger partial charge in [-0.15, -0.1) is 0 Å². The van der Waals surface area contributed by atoms with Crippen molar-refractivity contribution in [3.05, 3.63) is 89.7 Å². The number of rotatable bonds is 8. The summed E-state index contributed by atoms with van der Waals surface area (Å²) in [4.78, 5) is 25.8. The van der Waals surface area contributed by atoms with Gasteiger partial charge in [-0.2, -0.15) is 0 Å². The number of hydrogen-bond acceptors (Lipinski definition) is 4. The van der Waals surface area contributed by atoms with Crippen molar-refractivity contribution in [1.29, 1.82) is 0 Å². The fourth-order valence-corrected chi connectivity index (χ4v) is 4.18. The first kappa shape index (κ1) is 22.3. The van der Waals surface area contributed by atoms with Crippen molar-refractivity contribution >= 4 is 12.1 Å². The largest absolute Gasteiger partial charge is 0.488 e. The number of nitrogens with zero attached hydrogens (tertiary/aromatic N) is 1. The normalized spacial score (nSPS) is 13.0. The Balaban J connectivity index is 1.47. The summed E-state index contributed by atoms with van der Waals surface area (Å²) in [5.74, 6) is -2.09. The maximum atomic E-state index is 13.8. The summed E-state index contributed by atoms with van der Waals surface area (Å²) in [6.07, 6.45) is -0.760. The summed E-state index contributed by atoms with van der Waals surface area (Å²) < 4.78 is 24.8. The molecule has 0 saturated heterocycles. The molecule has 1 aliphatic carbocycles. The topological polar surface area (TPSA) is 76.1 Å². The third-order valence-electron chi connectivity index (χ3n) is 5.81. The van der Waals surface area contributed by atoms with Gasteiger partial charge in [-0.25, -0.2) is 14.0 Å². The summed E-state index contributed by atoms with van der Waals surface area (Å²) in [5, 5.41) is 9.69. The second kappa shape index (κ2) is 9.73. The molecule has 1 aliphatic rings. The Morgan fingerprint density at radius 2 is 1.55 bits per heavy atom. The Morgan fingerprint density at radius 3 is 2.12 bits per heavy atom. The molecule has 1 N–H and O–H groups in total. The molecule has 33 heavy (non-hydrogen) atoms. The highest BCUT2D eigenvalue weighted by atomic mass is 19.1. The summed E-state index contributed by atoms with van der Waals surface area (Å²) in [7, 11) is 0. The minimum Gasteiger partial charge on any atom is -0.488 e. The van der Waals surface area contributed by atoms with Crippen LogP contribution in [-0.4, -0.2) is 47.9 Å². The van der Waals surface area contributed by atoms with Gasteiger partial charge in [0.1, 0.15) is 13.2 Å². The number of carbonyl (C=O) groups excluding carboxylic acids is 1. The fraction of sp³-hybridized carbons (Fsp3) is 0.231. The molecule has 4 rings (SSSR count). The SMILES string of the molecule is CCN(C(=O)OCC1c2ccccc2-c2ccccc21)[C@@H](COc1ccccc1F)C(=O)O. The molecule has 0 radical (unpaired) electrons. The lowest BCUT2D eigenvalue weighted by atomic mass is 9.98. The Kier molecular flexibility index (Phi) is 6.58. The Morgan fingerprint density at radius 1 is 0.970 bits per heavy atom. The van der Waals surface area contributed by atoms with Gasteiger partial charge < -0.3 is 14.6 Å². The standard InChI is InChI=1S/C26H24FNO5/c1-2-28(23(25(29)30)16-32-24-14-8-7-13-22(24)27)26(31)33-15-21-19-11-5-3-9-17(19)18-10-4-6-12-20(18)21/h3-14,21,23H,2,15-16H2,1H3,(H,29,30)/t23-/m0/s1. The molecule has 3 aromatic carbocycles. The number of ether oxygens (including phenoxy) is 2. The van der Waals surface area contributed by atoms with E-state index in [0.29, 0.717) is 0 Å². The molecule has 0 aromatic heterocycles. The van der Waals surface area contributed by atoms with Gasteiger partial charge in [0.05, 0.1) is 0 Å². The molecule has 0 saturated carbocycles. The van der Waals surface area contributed by atoms with E-state index in [1.54, 1.807) is 13.0 Å². The van der Waals surface area contributed by atoms with Crippen LogP contribution in [0.4, 0.5) is 9.18 Å². The molecule has 6 nitrogen and oxygen atoms in total. The Labute approximate surface area is 191 Å². The van der Waals surface area contributed by atoms with Crippen molar-refractivity contribution in [2.75, 3.05) is 19.8 Å². The summed E-state index contributed by atoms with van der Waals surface area (Å²) in [6, 6.07) is 20.3. The van der Waals surface area contributed by atoms with E-state index < -0.39 is 30.5 Å². The number of carboxylic acids is 1. The van der Waals surface area contributed by atoms with Gasteiger partial charge in [-0.05, 0) is 41.3 Å². The van der Waals surface area contributed by atoms with Crippen LogP contribution in [0.5, 0.6) is 5.75 Å². The van der Waals surface area contributed by atoms with Crippen LogP contribution in [0.25, 0.3) is 11.1 Å². The molecule has 3 aromatic rings. The lowest BCUT2D eigenvalue weighted by Gasteiger charge is -2.27. The number of likely N-dealkylation sites (N-methyl/N-ethyl adjacent to an activating group) is 1. The van der Waals surface area contributed by atoms with Gasteiger partial charge in [0.2, 0.25) is 0 Å². The van der Waals surface area contributed by atoms with Crippen molar-refractivity contribution < 1.29 is 28.6 Å². The summed E-state index contributed by atoms with van der Waals surface area (Å²) >= 11 is 0. The number of hydrogen-bond donors (Lipinski definition) is 1. The molecule has 0 spiro atoms. The van der Waals surface area contributed by atoms with Crippen LogP contribution < -0.4 is 4.74 Å². The van der Waals surface area contributed by atoms with E-state index in [9.17, 15) is 19.1 Å². The fourth-order valence-electron chi connectivity index (χ4n) is 4.18. The number of benzene rings is 3. The first-order valence-corrected chi connectivity index (χ1v) is 10.7. The number of carboxylic acid groups (broad SMARTS) is 1. The molecule has 0 heterocycles. The van der Waals surface area contributed by atoms with E-state index in [1.807, 2.05) is 48.5 Å². The maximum absolute atomic E-state index is 13.8. The molecule has 0 aliphatic heterocycles. The smallest absolute Gasteiger partial charge is 0.410 e. The van der Waals surface area contributed by atoms with Crippen LogP contribution in [0.1, 0.15) is 24.0 Å². The van der Waals surface area contributed by atoms with Gasteiger partial charge >= 0.3 is 12.1 Å². The Hall–Kier alpha value is -3.87. The Bertz CT molecular complexity index is 1120. The van der Waals surface area contributed by atoms with Gasteiger partial charge in [0.15, 0.2) is 17.6 Å². The highest BCUT2D eigenvalue weighted by Crippen LogP contribution is 2.44. The second-order valence-electron chi connectivity index (χ2n) is 7.69. The van der Waals surface area contributed by atoms with E-state index in [2.05, 4.69) is 0 Å². The average molecular weight is 449 g/mol. The van der Waals surface area contributed by atoms with Gasteiger partial charge in [0, 0.05) is 12.5 Å². The lowest BCUT2D eigenvalue weighted by Crippen LogP contribution is -2.48. The molecule has 1 atom stereocenters. The molecular weight excluding hydrogens is 425 g/mol. The molecule has 0 unspecified atom stereocenters. The summed E-state index contributed by atoms with van der Waals surface area (Å²) in [6.45, 7) is 1.41. The van der Waals surface area contributed by atoms with Crippen LogP contribution in [0.15, 0.2) is 72.8 Å². The molecule has 7 heteroatoms. The number of fused-ring (bicyclic) bond motifs is 3. The van der Waals surface area contributed by atoms with Gasteiger partial charge in [-0.1, -0.05) is 60.7 Å². The van der Waals surface area contributed by atoms with E-state index in [0.717, 1.165) is 27.2 Å². The van der Waals surface area contributed by atoms with Crippen molar-refractivity contribution in [3.63, 3.8) is 0 Å². The second-order valence-corrected chi connectivity index (χ2v) is 7.69. The van der Waals surface area contributed by atoms with Crippen molar-refractivity contribution in [2.24, 2.45) is 0 Å². The number of carbonyl (C=O) groups is 2. The first-order valence-electron chi connectivity index (χ1n) is 10.7. The average Bonchev–Trinajstić information content (AvgIpc) is 3.14. The van der Waals surface area contributed by atoms with Crippen LogP contribution in [0.2, 0.25) is 0 Å². The number of amides is 1. The lowest BCUT2D eigenvalue weighted by molar-refractivity contribution is -0.143. The molecule has 0 bridgehead atoms. The maximum Gasteiger partial charge on any atom is 0.410 e. The molecule has 1 amide bonds. The van der Waals surface area contributed by atoms with Gasteiger partial charge in [-0.3, -0.25) is 4.90 Å². The van der Waals surface area contributed by atoms with E-state index in [-0.39, 0.29) is 24.8 Å². The van der Waals surface area contributed by atoms with Crippen LogP contribution in [0, 0.1) is 5.82 Å². The first-order chi connectivity index (χ1) is 16.0.